The third-order valence-corrected chi connectivity index (χ3v) is 6.73. The molecule has 1 aliphatic heterocycles. The van der Waals surface area contributed by atoms with Crippen LogP contribution >= 0.6 is 11.6 Å². The van der Waals surface area contributed by atoms with E-state index in [9.17, 15) is 0 Å². The molecule has 0 radical (unpaired) electrons. The molecule has 2 aromatic rings. The fraction of sp³-hybridized carbons (Fsp3) is 0.591. The molecule has 1 saturated heterocycles. The van der Waals surface area contributed by atoms with Crippen LogP contribution in [-0.2, 0) is 6.54 Å². The van der Waals surface area contributed by atoms with E-state index in [1.165, 1.54) is 57.1 Å². The molecule has 0 unspecified atom stereocenters. The summed E-state index contributed by atoms with van der Waals surface area (Å²) >= 11 is 6.65. The van der Waals surface area contributed by atoms with Crippen LogP contribution in [0.25, 0.3) is 10.9 Å². The Labute approximate surface area is 162 Å². The average Bonchev–Trinajstić information content (AvgIpc) is 2.68. The molecule has 3 nitrogen and oxygen atoms in total. The maximum Gasteiger partial charge on any atom is 0.0740 e. The number of halogens is 1. The maximum absolute atomic E-state index is 6.65. The van der Waals surface area contributed by atoms with Gasteiger partial charge in [0.15, 0.2) is 0 Å². The van der Waals surface area contributed by atoms with E-state index in [1.807, 2.05) is 0 Å². The Balaban J connectivity index is 1.37. The van der Waals surface area contributed by atoms with Gasteiger partial charge in [-0.15, -0.1) is 0 Å². The summed E-state index contributed by atoms with van der Waals surface area (Å²) in [6, 6.07) is 8.30. The van der Waals surface area contributed by atoms with Crippen molar-refractivity contribution in [2.75, 3.05) is 32.7 Å². The van der Waals surface area contributed by atoms with E-state index >= 15 is 0 Å². The van der Waals surface area contributed by atoms with Gasteiger partial charge >= 0.3 is 0 Å². The van der Waals surface area contributed by atoms with Gasteiger partial charge in [-0.2, -0.15) is 0 Å². The van der Waals surface area contributed by atoms with Gasteiger partial charge in [0, 0.05) is 44.7 Å². The smallest absolute Gasteiger partial charge is 0.0740 e. The van der Waals surface area contributed by atoms with Crippen molar-refractivity contribution in [3.05, 3.63) is 40.5 Å². The van der Waals surface area contributed by atoms with Gasteiger partial charge < -0.3 is 4.90 Å². The lowest BCUT2D eigenvalue weighted by molar-refractivity contribution is 0.105. The number of benzene rings is 1. The van der Waals surface area contributed by atoms with Crippen molar-refractivity contribution in [1.29, 1.82) is 0 Å². The molecule has 1 aromatic heterocycles. The Bertz CT molecular complexity index is 746. The van der Waals surface area contributed by atoms with Gasteiger partial charge in [0.05, 0.1) is 16.2 Å². The van der Waals surface area contributed by atoms with E-state index < -0.39 is 0 Å². The highest BCUT2D eigenvalue weighted by Gasteiger charge is 2.22. The Hall–Kier alpha value is -1.16. The van der Waals surface area contributed by atoms with E-state index in [0.717, 1.165) is 47.3 Å². The lowest BCUT2D eigenvalue weighted by atomic mass is 9.89. The first-order valence-corrected chi connectivity index (χ1v) is 10.6. The zero-order valence-electron chi connectivity index (χ0n) is 15.9. The predicted octanol–water partition coefficient (Wildman–Crippen LogP) is 4.89. The number of rotatable bonds is 4. The zero-order chi connectivity index (χ0) is 17.9. The van der Waals surface area contributed by atoms with Crippen LogP contribution < -0.4 is 0 Å². The minimum atomic E-state index is 0.841. The second kappa shape index (κ2) is 8.24. The van der Waals surface area contributed by atoms with Crippen molar-refractivity contribution >= 4 is 22.5 Å². The second-order valence-electron chi connectivity index (χ2n) is 8.10. The van der Waals surface area contributed by atoms with Crippen molar-refractivity contribution in [2.45, 2.75) is 45.6 Å². The highest BCUT2D eigenvalue weighted by atomic mass is 35.5. The number of aryl methyl sites for hydroxylation is 1. The van der Waals surface area contributed by atoms with Gasteiger partial charge in [-0.05, 0) is 37.3 Å². The number of piperazine rings is 1. The maximum atomic E-state index is 6.65. The Morgan fingerprint density at radius 2 is 1.69 bits per heavy atom. The standard InChI is InChI=1S/C22H30ClN3/c1-17-19-9-5-6-10-20(19)24-21(22(17)23)16-26-13-11-25(12-14-26)15-18-7-3-2-4-8-18/h5-6,9-10,18H,2-4,7-8,11-16H2,1H3. The summed E-state index contributed by atoms with van der Waals surface area (Å²) in [6.07, 6.45) is 7.21. The van der Waals surface area contributed by atoms with E-state index in [-0.39, 0.29) is 0 Å². The minimum Gasteiger partial charge on any atom is -0.301 e. The second-order valence-corrected chi connectivity index (χ2v) is 8.47. The summed E-state index contributed by atoms with van der Waals surface area (Å²) in [6.45, 7) is 8.89. The van der Waals surface area contributed by atoms with Gasteiger partial charge in [-0.1, -0.05) is 49.1 Å². The fourth-order valence-electron chi connectivity index (χ4n) is 4.60. The van der Waals surface area contributed by atoms with Gasteiger partial charge in [-0.25, -0.2) is 4.98 Å². The molecule has 0 amide bonds. The Morgan fingerprint density at radius 3 is 2.46 bits per heavy atom. The zero-order valence-corrected chi connectivity index (χ0v) is 16.6. The van der Waals surface area contributed by atoms with Gasteiger partial charge in [0.2, 0.25) is 0 Å². The highest BCUT2D eigenvalue weighted by molar-refractivity contribution is 6.32. The van der Waals surface area contributed by atoms with Crippen LogP contribution in [-0.4, -0.2) is 47.5 Å². The SMILES string of the molecule is Cc1c(Cl)c(CN2CCN(CC3CCCCC3)CC2)nc2ccccc12. The molecule has 0 atom stereocenters. The summed E-state index contributed by atoms with van der Waals surface area (Å²) < 4.78 is 0. The van der Waals surface area contributed by atoms with Crippen molar-refractivity contribution < 1.29 is 0 Å². The van der Waals surface area contributed by atoms with Crippen molar-refractivity contribution in [2.24, 2.45) is 5.92 Å². The van der Waals surface area contributed by atoms with Crippen LogP contribution in [0.5, 0.6) is 0 Å². The molecule has 4 heteroatoms. The van der Waals surface area contributed by atoms with Crippen LogP contribution in [0.4, 0.5) is 0 Å². The van der Waals surface area contributed by atoms with E-state index in [0.29, 0.717) is 0 Å². The monoisotopic (exact) mass is 371 g/mol. The van der Waals surface area contributed by atoms with Crippen molar-refractivity contribution in [3.8, 4) is 0 Å². The molecule has 0 N–H and O–H groups in total. The molecule has 4 rings (SSSR count). The third-order valence-electron chi connectivity index (χ3n) is 6.23. The average molecular weight is 372 g/mol. The molecule has 2 aliphatic rings. The molecule has 1 aliphatic carbocycles. The topological polar surface area (TPSA) is 19.4 Å². The summed E-state index contributed by atoms with van der Waals surface area (Å²) in [7, 11) is 0. The number of hydrogen-bond donors (Lipinski definition) is 0. The molecule has 26 heavy (non-hydrogen) atoms. The quantitative estimate of drug-likeness (QED) is 0.762. The van der Waals surface area contributed by atoms with Gasteiger partial charge in [0.1, 0.15) is 0 Å². The lowest BCUT2D eigenvalue weighted by Gasteiger charge is -2.37. The Morgan fingerprint density at radius 1 is 1.00 bits per heavy atom. The molecule has 1 aromatic carbocycles. The van der Waals surface area contributed by atoms with Crippen LogP contribution in [0.2, 0.25) is 5.02 Å². The molecule has 0 spiro atoms. The number of fused-ring (bicyclic) bond motifs is 1. The van der Waals surface area contributed by atoms with Crippen molar-refractivity contribution in [1.82, 2.24) is 14.8 Å². The predicted molar refractivity (Wildman–Crippen MR) is 110 cm³/mol. The number of aromatic nitrogens is 1. The molecular formula is C22H30ClN3. The number of para-hydroxylation sites is 1. The van der Waals surface area contributed by atoms with Crippen LogP contribution in [0.15, 0.2) is 24.3 Å². The minimum absolute atomic E-state index is 0.841. The number of nitrogens with zero attached hydrogens (tertiary/aromatic N) is 3. The first-order valence-electron chi connectivity index (χ1n) is 10.2. The molecule has 1 saturated carbocycles. The van der Waals surface area contributed by atoms with Gasteiger partial charge in [0.25, 0.3) is 0 Å². The largest absolute Gasteiger partial charge is 0.301 e. The van der Waals surface area contributed by atoms with Gasteiger partial charge in [-0.3, -0.25) is 4.90 Å². The molecular weight excluding hydrogens is 342 g/mol. The lowest BCUT2D eigenvalue weighted by Crippen LogP contribution is -2.47. The molecule has 2 heterocycles. The van der Waals surface area contributed by atoms with Crippen molar-refractivity contribution in [3.63, 3.8) is 0 Å². The van der Waals surface area contributed by atoms with Crippen LogP contribution in [0, 0.1) is 12.8 Å². The third kappa shape index (κ3) is 4.05. The van der Waals surface area contributed by atoms with Crippen LogP contribution in [0.1, 0.15) is 43.4 Å². The van der Waals surface area contributed by atoms with E-state index in [1.54, 1.807) is 0 Å². The highest BCUT2D eigenvalue weighted by Crippen LogP contribution is 2.28. The summed E-state index contributed by atoms with van der Waals surface area (Å²) in [4.78, 5) is 10.0. The van der Waals surface area contributed by atoms with E-state index in [4.69, 9.17) is 16.6 Å². The van der Waals surface area contributed by atoms with E-state index in [2.05, 4.69) is 41.0 Å². The summed E-state index contributed by atoms with van der Waals surface area (Å²) in [5, 5.41) is 2.01. The molecule has 2 fully saturated rings. The van der Waals surface area contributed by atoms with Crippen LogP contribution in [0.3, 0.4) is 0 Å². The summed E-state index contributed by atoms with van der Waals surface area (Å²) in [5.41, 5.74) is 3.24. The molecule has 0 bridgehead atoms. The normalized spacial score (nSPS) is 20.7. The summed E-state index contributed by atoms with van der Waals surface area (Å²) in [5.74, 6) is 0.939. The number of hydrogen-bond acceptors (Lipinski definition) is 3. The fourth-order valence-corrected chi connectivity index (χ4v) is 4.80. The Kier molecular flexibility index (Phi) is 5.78. The first-order chi connectivity index (χ1) is 12.7. The molecule has 140 valence electrons. The number of pyridine rings is 1. The first kappa shape index (κ1) is 18.2.